The molecule has 2 fully saturated rings. The lowest BCUT2D eigenvalue weighted by Crippen LogP contribution is -2.65. The lowest BCUT2D eigenvalue weighted by Gasteiger charge is -2.40. The van der Waals surface area contributed by atoms with Crippen LogP contribution in [0.15, 0.2) is 0 Å². The third kappa shape index (κ3) is 2.68. The molecular formula is C14H24N2O2. The zero-order valence-corrected chi connectivity index (χ0v) is 11.7. The second-order valence-corrected chi connectivity index (χ2v) is 6.87. The summed E-state index contributed by atoms with van der Waals surface area (Å²) in [4.78, 5) is 26.1. The fraction of sp³-hybridized carbons (Fsp3) is 0.857. The highest BCUT2D eigenvalue weighted by Crippen LogP contribution is 2.33. The average molecular weight is 252 g/mol. The van der Waals surface area contributed by atoms with E-state index in [2.05, 4.69) is 26.1 Å². The van der Waals surface area contributed by atoms with E-state index in [1.807, 2.05) is 0 Å². The van der Waals surface area contributed by atoms with E-state index in [1.54, 1.807) is 4.90 Å². The van der Waals surface area contributed by atoms with E-state index < -0.39 is 5.54 Å². The van der Waals surface area contributed by atoms with Crippen LogP contribution in [0, 0.1) is 5.41 Å². The molecule has 0 unspecified atom stereocenters. The zero-order chi connectivity index (χ0) is 13.4. The van der Waals surface area contributed by atoms with Gasteiger partial charge in [-0.2, -0.15) is 0 Å². The van der Waals surface area contributed by atoms with E-state index in [-0.39, 0.29) is 23.8 Å². The first-order valence-corrected chi connectivity index (χ1v) is 6.93. The van der Waals surface area contributed by atoms with E-state index in [0.717, 1.165) is 32.1 Å². The Hall–Kier alpha value is -1.06. The van der Waals surface area contributed by atoms with E-state index in [9.17, 15) is 9.59 Å². The first kappa shape index (κ1) is 13.4. The molecule has 0 atom stereocenters. The molecule has 1 saturated heterocycles. The van der Waals surface area contributed by atoms with Gasteiger partial charge in [-0.1, -0.05) is 33.6 Å². The molecule has 2 aliphatic rings. The predicted molar refractivity (Wildman–Crippen MR) is 70.0 cm³/mol. The molecule has 0 aromatic rings. The van der Waals surface area contributed by atoms with Crippen molar-refractivity contribution in [2.45, 2.75) is 58.4 Å². The van der Waals surface area contributed by atoms with Crippen molar-refractivity contribution >= 4 is 11.8 Å². The quantitative estimate of drug-likeness (QED) is 0.813. The standard InChI is InChI=1S/C14H24N2O2/c1-13(2,3)8-9-16-10-11(17)15-14(12(16)18)6-4-5-7-14/h4-10H2,1-3H3,(H,15,17). The van der Waals surface area contributed by atoms with Crippen molar-refractivity contribution < 1.29 is 9.59 Å². The van der Waals surface area contributed by atoms with Crippen molar-refractivity contribution in [1.29, 1.82) is 0 Å². The summed E-state index contributed by atoms with van der Waals surface area (Å²) < 4.78 is 0. The molecule has 1 saturated carbocycles. The number of carbonyl (C=O) groups is 2. The van der Waals surface area contributed by atoms with Crippen LogP contribution in [0.4, 0.5) is 0 Å². The summed E-state index contributed by atoms with van der Waals surface area (Å²) in [5.74, 6) is 0.147. The third-order valence-corrected chi connectivity index (χ3v) is 4.00. The van der Waals surface area contributed by atoms with Crippen molar-refractivity contribution in [3.05, 3.63) is 0 Å². The van der Waals surface area contributed by atoms with Crippen LogP contribution in [0.3, 0.4) is 0 Å². The lowest BCUT2D eigenvalue weighted by molar-refractivity contribution is -0.150. The second kappa shape index (κ2) is 4.56. The Kier molecular flexibility index (Phi) is 3.39. The van der Waals surface area contributed by atoms with Gasteiger partial charge in [0.1, 0.15) is 5.54 Å². The van der Waals surface area contributed by atoms with Crippen LogP contribution in [-0.2, 0) is 9.59 Å². The summed E-state index contributed by atoms with van der Waals surface area (Å²) in [5, 5.41) is 2.94. The Morgan fingerprint density at radius 3 is 2.39 bits per heavy atom. The summed E-state index contributed by atoms with van der Waals surface area (Å²) in [6, 6.07) is 0. The van der Waals surface area contributed by atoms with E-state index >= 15 is 0 Å². The molecule has 1 aliphatic carbocycles. The second-order valence-electron chi connectivity index (χ2n) is 6.87. The Labute approximate surface area is 109 Å². The van der Waals surface area contributed by atoms with Gasteiger partial charge >= 0.3 is 0 Å². The summed E-state index contributed by atoms with van der Waals surface area (Å²) in [7, 11) is 0. The number of nitrogens with zero attached hydrogens (tertiary/aromatic N) is 1. The molecule has 0 aromatic heterocycles. The molecule has 1 spiro atoms. The minimum Gasteiger partial charge on any atom is -0.340 e. The number of rotatable bonds is 2. The van der Waals surface area contributed by atoms with Gasteiger partial charge in [0.15, 0.2) is 0 Å². The monoisotopic (exact) mass is 252 g/mol. The molecule has 0 radical (unpaired) electrons. The van der Waals surface area contributed by atoms with Crippen molar-refractivity contribution in [3.8, 4) is 0 Å². The Balaban J connectivity index is 2.06. The van der Waals surface area contributed by atoms with Crippen LogP contribution in [0.25, 0.3) is 0 Å². The van der Waals surface area contributed by atoms with Gasteiger partial charge in [-0.3, -0.25) is 9.59 Å². The van der Waals surface area contributed by atoms with Crippen molar-refractivity contribution in [2.75, 3.05) is 13.1 Å². The number of nitrogens with one attached hydrogen (secondary N) is 1. The Bertz CT molecular complexity index is 351. The zero-order valence-electron chi connectivity index (χ0n) is 11.7. The van der Waals surface area contributed by atoms with Gasteiger partial charge in [0, 0.05) is 6.54 Å². The van der Waals surface area contributed by atoms with Gasteiger partial charge in [0.2, 0.25) is 11.8 Å². The van der Waals surface area contributed by atoms with Gasteiger partial charge in [-0.05, 0) is 24.7 Å². The normalized spacial score (nSPS) is 23.6. The van der Waals surface area contributed by atoms with Crippen molar-refractivity contribution in [3.63, 3.8) is 0 Å². The summed E-state index contributed by atoms with van der Waals surface area (Å²) in [5.41, 5.74) is -0.371. The summed E-state index contributed by atoms with van der Waals surface area (Å²) in [6.07, 6.45) is 4.63. The molecule has 102 valence electrons. The third-order valence-electron chi connectivity index (χ3n) is 4.00. The number of piperazine rings is 1. The lowest BCUT2D eigenvalue weighted by atomic mass is 9.89. The molecule has 0 aromatic carbocycles. The first-order valence-electron chi connectivity index (χ1n) is 6.93. The number of carbonyl (C=O) groups excluding carboxylic acids is 2. The SMILES string of the molecule is CC(C)(C)CCN1CC(=O)NC2(CCCC2)C1=O. The van der Waals surface area contributed by atoms with Crippen molar-refractivity contribution in [2.24, 2.45) is 5.41 Å². The highest BCUT2D eigenvalue weighted by Gasteiger charge is 2.48. The van der Waals surface area contributed by atoms with Crippen molar-refractivity contribution in [1.82, 2.24) is 10.2 Å². The van der Waals surface area contributed by atoms with Gasteiger partial charge < -0.3 is 10.2 Å². The smallest absolute Gasteiger partial charge is 0.248 e. The Morgan fingerprint density at radius 1 is 1.22 bits per heavy atom. The molecule has 18 heavy (non-hydrogen) atoms. The van der Waals surface area contributed by atoms with Gasteiger partial charge in [-0.25, -0.2) is 0 Å². The highest BCUT2D eigenvalue weighted by molar-refractivity contribution is 5.98. The minimum absolute atomic E-state index is 0.00501. The van der Waals surface area contributed by atoms with Crippen LogP contribution in [0.2, 0.25) is 0 Å². The molecule has 2 rings (SSSR count). The molecule has 2 amide bonds. The molecule has 0 bridgehead atoms. The van der Waals surface area contributed by atoms with E-state index in [0.29, 0.717) is 6.54 Å². The first-order chi connectivity index (χ1) is 8.32. The Morgan fingerprint density at radius 2 is 1.83 bits per heavy atom. The number of hydrogen-bond donors (Lipinski definition) is 1. The van der Waals surface area contributed by atoms with Gasteiger partial charge in [0.05, 0.1) is 6.54 Å². The maximum Gasteiger partial charge on any atom is 0.248 e. The van der Waals surface area contributed by atoms with Crippen LogP contribution in [0.5, 0.6) is 0 Å². The van der Waals surface area contributed by atoms with Crippen LogP contribution in [-0.4, -0.2) is 35.3 Å². The topological polar surface area (TPSA) is 49.4 Å². The van der Waals surface area contributed by atoms with Gasteiger partial charge in [-0.15, -0.1) is 0 Å². The number of hydrogen-bond acceptors (Lipinski definition) is 2. The van der Waals surface area contributed by atoms with Gasteiger partial charge in [0.25, 0.3) is 0 Å². The maximum atomic E-state index is 12.5. The fourth-order valence-corrected chi connectivity index (χ4v) is 2.88. The molecule has 4 nitrogen and oxygen atoms in total. The molecule has 1 N–H and O–H groups in total. The summed E-state index contributed by atoms with van der Waals surface area (Å²) in [6.45, 7) is 7.40. The van der Waals surface area contributed by atoms with Crippen LogP contribution in [0.1, 0.15) is 52.9 Å². The number of amides is 2. The van der Waals surface area contributed by atoms with Crippen LogP contribution >= 0.6 is 0 Å². The molecule has 4 heteroatoms. The minimum atomic E-state index is -0.562. The highest BCUT2D eigenvalue weighted by atomic mass is 16.2. The van der Waals surface area contributed by atoms with Crippen LogP contribution < -0.4 is 5.32 Å². The maximum absolute atomic E-state index is 12.5. The fourth-order valence-electron chi connectivity index (χ4n) is 2.88. The largest absolute Gasteiger partial charge is 0.340 e. The van der Waals surface area contributed by atoms with E-state index in [4.69, 9.17) is 0 Å². The van der Waals surface area contributed by atoms with E-state index in [1.165, 1.54) is 0 Å². The molecular weight excluding hydrogens is 228 g/mol. The average Bonchev–Trinajstić information content (AvgIpc) is 2.70. The molecule has 1 heterocycles. The predicted octanol–water partition coefficient (Wildman–Crippen LogP) is 1.69. The summed E-state index contributed by atoms with van der Waals surface area (Å²) >= 11 is 0. The molecule has 1 aliphatic heterocycles.